The summed E-state index contributed by atoms with van der Waals surface area (Å²) in [7, 11) is 0. The van der Waals surface area contributed by atoms with E-state index in [1.807, 2.05) is 6.92 Å². The summed E-state index contributed by atoms with van der Waals surface area (Å²) in [6.45, 7) is 2.64. The number of hydrogen-bond acceptors (Lipinski definition) is 3. The molecule has 1 aliphatic heterocycles. The number of aliphatic hydroxyl groups is 1. The van der Waals surface area contributed by atoms with Gasteiger partial charge in [0.25, 0.3) is 5.91 Å². The minimum atomic E-state index is -0.763. The summed E-state index contributed by atoms with van der Waals surface area (Å²) in [4.78, 5) is 13.8. The van der Waals surface area contributed by atoms with Gasteiger partial charge in [0.2, 0.25) is 0 Å². The Balaban J connectivity index is 2.15. The highest BCUT2D eigenvalue weighted by atomic mass is 35.5. The molecule has 0 unspecified atom stereocenters. The second kappa shape index (κ2) is 5.19. The molecule has 0 radical (unpaired) electrons. The molecule has 19 heavy (non-hydrogen) atoms. The van der Waals surface area contributed by atoms with Crippen LogP contribution in [0.25, 0.3) is 0 Å². The molecule has 1 saturated heterocycles. The number of likely N-dealkylation sites (tertiary alicyclic amines) is 1. The number of anilines is 1. The summed E-state index contributed by atoms with van der Waals surface area (Å²) in [5, 5.41) is 10.5. The van der Waals surface area contributed by atoms with Gasteiger partial charge in [-0.2, -0.15) is 0 Å². The van der Waals surface area contributed by atoms with Crippen LogP contribution in [0, 0.1) is 0 Å². The first-order valence-corrected chi connectivity index (χ1v) is 6.88. The van der Waals surface area contributed by atoms with Crippen LogP contribution in [0.15, 0.2) is 12.1 Å². The maximum atomic E-state index is 12.3. The highest BCUT2D eigenvalue weighted by Gasteiger charge is 2.43. The lowest BCUT2D eigenvalue weighted by Gasteiger charge is -2.46. The van der Waals surface area contributed by atoms with E-state index in [1.54, 1.807) is 4.90 Å². The van der Waals surface area contributed by atoms with Crippen molar-refractivity contribution in [3.05, 3.63) is 27.7 Å². The average Bonchev–Trinajstić information content (AvgIpc) is 2.30. The summed E-state index contributed by atoms with van der Waals surface area (Å²) in [6.07, 6.45) is 1.56. The van der Waals surface area contributed by atoms with Crippen LogP contribution < -0.4 is 5.73 Å². The number of halogens is 2. The molecular formula is C13H16Cl2N2O2. The monoisotopic (exact) mass is 302 g/mol. The minimum absolute atomic E-state index is 0.201. The number of nitrogen functional groups attached to an aromatic ring is 1. The largest absolute Gasteiger partial charge is 0.399 e. The highest BCUT2D eigenvalue weighted by Crippen LogP contribution is 2.33. The van der Waals surface area contributed by atoms with Crippen LogP contribution in [-0.2, 0) is 0 Å². The van der Waals surface area contributed by atoms with Crippen LogP contribution in [0.5, 0.6) is 0 Å². The molecule has 2 rings (SSSR count). The first-order chi connectivity index (χ1) is 8.86. The van der Waals surface area contributed by atoms with Crippen LogP contribution >= 0.6 is 23.2 Å². The molecule has 104 valence electrons. The van der Waals surface area contributed by atoms with Gasteiger partial charge in [0.05, 0.1) is 34.3 Å². The van der Waals surface area contributed by atoms with Crippen molar-refractivity contribution in [1.82, 2.24) is 4.90 Å². The molecule has 0 atom stereocenters. The van der Waals surface area contributed by atoms with Crippen molar-refractivity contribution >= 4 is 34.8 Å². The first-order valence-electron chi connectivity index (χ1n) is 6.12. The molecule has 0 aliphatic carbocycles. The van der Waals surface area contributed by atoms with Gasteiger partial charge in [-0.1, -0.05) is 36.5 Å². The molecule has 0 bridgehead atoms. The summed E-state index contributed by atoms with van der Waals surface area (Å²) >= 11 is 11.9. The van der Waals surface area contributed by atoms with Gasteiger partial charge in [-0.15, -0.1) is 0 Å². The van der Waals surface area contributed by atoms with E-state index >= 15 is 0 Å². The minimum Gasteiger partial charge on any atom is -0.399 e. The molecular weight excluding hydrogens is 287 g/mol. The predicted octanol–water partition coefficient (Wildman–Crippen LogP) is 2.56. The lowest BCUT2D eigenvalue weighted by atomic mass is 9.88. The number of hydrogen-bond donors (Lipinski definition) is 2. The van der Waals surface area contributed by atoms with Crippen LogP contribution in [0.3, 0.4) is 0 Å². The number of rotatable bonds is 3. The second-order valence-corrected chi connectivity index (χ2v) is 5.78. The summed E-state index contributed by atoms with van der Waals surface area (Å²) < 4.78 is 0. The molecule has 1 aromatic rings. The second-order valence-electron chi connectivity index (χ2n) is 5.00. The normalized spacial score (nSPS) is 17.2. The third kappa shape index (κ3) is 2.81. The number of nitrogens with zero attached hydrogens (tertiary/aromatic N) is 1. The molecule has 1 aliphatic rings. The van der Waals surface area contributed by atoms with Crippen molar-refractivity contribution < 1.29 is 9.90 Å². The van der Waals surface area contributed by atoms with E-state index in [1.165, 1.54) is 12.1 Å². The third-order valence-electron chi connectivity index (χ3n) is 3.25. The molecule has 1 amide bonds. The summed E-state index contributed by atoms with van der Waals surface area (Å²) in [6, 6.07) is 3.01. The van der Waals surface area contributed by atoms with Crippen molar-refractivity contribution in [2.45, 2.75) is 25.4 Å². The lowest BCUT2D eigenvalue weighted by molar-refractivity contribution is -0.0860. The van der Waals surface area contributed by atoms with Crippen molar-refractivity contribution in [3.8, 4) is 0 Å². The number of benzene rings is 1. The Morgan fingerprint density at radius 2 is 2.11 bits per heavy atom. The maximum absolute atomic E-state index is 12.3. The molecule has 1 heterocycles. The number of nitrogens with two attached hydrogens (primary N) is 1. The van der Waals surface area contributed by atoms with Gasteiger partial charge in [0, 0.05) is 5.69 Å². The molecule has 1 fully saturated rings. The number of carbonyl (C=O) groups is 1. The van der Waals surface area contributed by atoms with Gasteiger partial charge in [-0.3, -0.25) is 4.79 Å². The zero-order chi connectivity index (χ0) is 14.2. The number of β-amino-alcohol motifs (C(OH)–C–C–N with tert-alkyl or cyclic N) is 1. The fraction of sp³-hybridized carbons (Fsp3) is 0.462. The van der Waals surface area contributed by atoms with Crippen LogP contribution in [0.4, 0.5) is 5.69 Å². The molecule has 0 spiro atoms. The molecule has 1 aromatic carbocycles. The maximum Gasteiger partial charge on any atom is 0.255 e. The van der Waals surface area contributed by atoms with E-state index in [9.17, 15) is 9.90 Å². The number of carbonyl (C=O) groups excluding carboxylic acids is 1. The highest BCUT2D eigenvalue weighted by molar-refractivity contribution is 6.44. The third-order valence-corrected chi connectivity index (χ3v) is 4.06. The van der Waals surface area contributed by atoms with E-state index < -0.39 is 5.60 Å². The Morgan fingerprint density at radius 3 is 2.68 bits per heavy atom. The zero-order valence-electron chi connectivity index (χ0n) is 10.6. The molecule has 0 aromatic heterocycles. The lowest BCUT2D eigenvalue weighted by Crippen LogP contribution is -2.63. The standard InChI is InChI=1S/C13H16Cl2N2O2/c1-2-3-13(19)6-17(7-13)12(18)9-4-8(16)5-10(14)11(9)15/h4-5,19H,2-3,6-7,16H2,1H3. The zero-order valence-corrected chi connectivity index (χ0v) is 12.1. The number of amides is 1. The smallest absolute Gasteiger partial charge is 0.255 e. The fourth-order valence-electron chi connectivity index (χ4n) is 2.37. The van der Waals surface area contributed by atoms with Crippen LogP contribution in [0.2, 0.25) is 10.0 Å². The van der Waals surface area contributed by atoms with Crippen LogP contribution in [0.1, 0.15) is 30.1 Å². The van der Waals surface area contributed by atoms with Gasteiger partial charge in [0.15, 0.2) is 0 Å². The van der Waals surface area contributed by atoms with Gasteiger partial charge in [0.1, 0.15) is 0 Å². The van der Waals surface area contributed by atoms with Gasteiger partial charge in [-0.25, -0.2) is 0 Å². The van der Waals surface area contributed by atoms with E-state index in [0.717, 1.165) is 6.42 Å². The molecule has 6 heteroatoms. The average molecular weight is 303 g/mol. The van der Waals surface area contributed by atoms with E-state index in [4.69, 9.17) is 28.9 Å². The van der Waals surface area contributed by atoms with Crippen molar-refractivity contribution in [2.24, 2.45) is 0 Å². The molecule has 3 N–H and O–H groups in total. The van der Waals surface area contributed by atoms with Crippen molar-refractivity contribution in [1.29, 1.82) is 0 Å². The van der Waals surface area contributed by atoms with E-state index in [-0.39, 0.29) is 21.5 Å². The van der Waals surface area contributed by atoms with Crippen molar-refractivity contribution in [3.63, 3.8) is 0 Å². The van der Waals surface area contributed by atoms with E-state index in [2.05, 4.69) is 0 Å². The Morgan fingerprint density at radius 1 is 1.47 bits per heavy atom. The Kier molecular flexibility index (Phi) is 3.95. The molecule has 0 saturated carbocycles. The summed E-state index contributed by atoms with van der Waals surface area (Å²) in [5.41, 5.74) is 5.57. The van der Waals surface area contributed by atoms with Gasteiger partial charge in [-0.05, 0) is 18.6 Å². The van der Waals surface area contributed by atoms with E-state index in [0.29, 0.717) is 25.2 Å². The van der Waals surface area contributed by atoms with Crippen molar-refractivity contribution in [2.75, 3.05) is 18.8 Å². The Bertz CT molecular complexity index is 514. The Labute approximate surface area is 122 Å². The Hall–Kier alpha value is -0.970. The topological polar surface area (TPSA) is 66.6 Å². The summed E-state index contributed by atoms with van der Waals surface area (Å²) in [5.74, 6) is -0.250. The first kappa shape index (κ1) is 14.4. The fourth-order valence-corrected chi connectivity index (χ4v) is 2.79. The van der Waals surface area contributed by atoms with Gasteiger partial charge < -0.3 is 15.7 Å². The molecule has 4 nitrogen and oxygen atoms in total. The quantitative estimate of drug-likeness (QED) is 0.843. The van der Waals surface area contributed by atoms with Crippen LogP contribution in [-0.4, -0.2) is 34.6 Å². The van der Waals surface area contributed by atoms with Gasteiger partial charge >= 0.3 is 0 Å². The predicted molar refractivity (Wildman–Crippen MR) is 76.6 cm³/mol. The SMILES string of the molecule is CCCC1(O)CN(C(=O)c2cc(N)cc(Cl)c2Cl)C1.